The summed E-state index contributed by atoms with van der Waals surface area (Å²) in [5.41, 5.74) is 3.06. The molecule has 0 radical (unpaired) electrons. The fraction of sp³-hybridized carbons (Fsp3) is 0.304. The lowest BCUT2D eigenvalue weighted by Crippen LogP contribution is -2.08. The van der Waals surface area contributed by atoms with E-state index in [1.165, 1.54) is 0 Å². The minimum Gasteiger partial charge on any atom is -0.507 e. The number of hydrogen-bond donors (Lipinski definition) is 2. The summed E-state index contributed by atoms with van der Waals surface area (Å²) < 4.78 is 22.8. The van der Waals surface area contributed by atoms with Crippen molar-refractivity contribution in [3.8, 4) is 28.5 Å². The molecule has 2 aromatic carbocycles. The van der Waals surface area contributed by atoms with Crippen LogP contribution >= 0.6 is 28.3 Å². The predicted octanol–water partition coefficient (Wildman–Crippen LogP) is 5.03. The zero-order chi connectivity index (χ0) is 22.7. The van der Waals surface area contributed by atoms with Gasteiger partial charge in [-0.3, -0.25) is 5.10 Å². The van der Waals surface area contributed by atoms with Gasteiger partial charge in [-0.15, -0.1) is 12.4 Å². The first-order valence-electron chi connectivity index (χ1n) is 10.1. The molecular formula is C23H25BrClN3O5. The Morgan fingerprint density at radius 2 is 1.58 bits per heavy atom. The number of aromatic hydroxyl groups is 1. The van der Waals surface area contributed by atoms with E-state index in [0.717, 1.165) is 33.1 Å². The molecule has 0 spiro atoms. The number of nitrogens with zero attached hydrogens (tertiary/aromatic N) is 2. The maximum Gasteiger partial charge on any atom is 0.182 e. The van der Waals surface area contributed by atoms with Crippen LogP contribution in [0.5, 0.6) is 17.2 Å². The van der Waals surface area contributed by atoms with E-state index < -0.39 is 0 Å². The first-order valence-corrected chi connectivity index (χ1v) is 10.9. The van der Waals surface area contributed by atoms with E-state index in [9.17, 15) is 5.11 Å². The van der Waals surface area contributed by atoms with Gasteiger partial charge in [0.1, 0.15) is 19.0 Å². The normalized spacial score (nSPS) is 11.0. The molecule has 176 valence electrons. The van der Waals surface area contributed by atoms with Gasteiger partial charge < -0.3 is 24.1 Å². The Balaban J connectivity index is 0.00000306. The first kappa shape index (κ1) is 25.0. The van der Waals surface area contributed by atoms with Gasteiger partial charge >= 0.3 is 0 Å². The number of H-pyrrole nitrogens is 1. The lowest BCUT2D eigenvalue weighted by Gasteiger charge is -2.16. The molecule has 0 unspecified atom stereocenters. The van der Waals surface area contributed by atoms with Crippen molar-refractivity contribution in [2.24, 2.45) is 0 Å². The summed E-state index contributed by atoms with van der Waals surface area (Å²) in [6.07, 6.45) is 0. The predicted molar refractivity (Wildman–Crippen MR) is 133 cm³/mol. The lowest BCUT2D eigenvalue weighted by molar-refractivity contribution is 0.132. The monoisotopic (exact) mass is 537 g/mol. The molecule has 10 heteroatoms. The van der Waals surface area contributed by atoms with Crippen LogP contribution in [0.25, 0.3) is 33.1 Å². The second-order valence-corrected chi connectivity index (χ2v) is 8.06. The van der Waals surface area contributed by atoms with Crippen molar-refractivity contribution in [2.75, 3.05) is 40.6 Å². The number of aryl methyl sites for hydroxylation is 1. The Morgan fingerprint density at radius 3 is 2.18 bits per heavy atom. The number of ether oxygens (including phenoxy) is 4. The number of methoxy groups -OCH3 is 2. The molecule has 0 aliphatic rings. The Morgan fingerprint density at radius 1 is 0.939 bits per heavy atom. The Labute approximate surface area is 205 Å². The zero-order valence-electron chi connectivity index (χ0n) is 18.5. The van der Waals surface area contributed by atoms with E-state index in [4.69, 9.17) is 23.9 Å². The standard InChI is InChI=1S/C23H24BrN3O5.ClH/c1-13-21-15-11-19(31-8-6-29-2)20(32-9-7-30-3)12-16(15)22(25-23(21)27-26-13)14-4-5-18(28)17(24)10-14;/h4-5,10-12,28H,6-9H2,1-3H3,(H,25,26,27);1H. The summed E-state index contributed by atoms with van der Waals surface area (Å²) in [7, 11) is 3.26. The lowest BCUT2D eigenvalue weighted by atomic mass is 10.00. The van der Waals surface area contributed by atoms with Crippen molar-refractivity contribution < 1.29 is 24.1 Å². The number of pyridine rings is 1. The Hall–Kier alpha value is -2.59. The number of fused-ring (bicyclic) bond motifs is 3. The molecule has 4 rings (SSSR count). The van der Waals surface area contributed by atoms with Crippen LogP contribution in [0.1, 0.15) is 5.69 Å². The van der Waals surface area contributed by atoms with Crippen molar-refractivity contribution in [3.63, 3.8) is 0 Å². The number of aromatic amines is 1. The topological polar surface area (TPSA) is 98.7 Å². The number of phenolic OH excluding ortho intramolecular Hbond substituents is 1. The van der Waals surface area contributed by atoms with Crippen molar-refractivity contribution >= 4 is 50.1 Å². The SMILES string of the molecule is COCCOc1cc2c(-c3ccc(O)c(Br)c3)nc3n[nH]c(C)c3c2cc1OCCOC.Cl. The average Bonchev–Trinajstić information content (AvgIpc) is 3.16. The summed E-state index contributed by atoms with van der Waals surface area (Å²) in [5, 5.41) is 20.1. The van der Waals surface area contributed by atoms with Crippen molar-refractivity contribution in [1.82, 2.24) is 15.2 Å². The quantitative estimate of drug-likeness (QED) is 0.289. The highest BCUT2D eigenvalue weighted by Crippen LogP contribution is 2.41. The van der Waals surface area contributed by atoms with Gasteiger partial charge in [0, 0.05) is 41.6 Å². The number of nitrogens with one attached hydrogen (secondary N) is 1. The third kappa shape index (κ3) is 5.16. The molecule has 0 atom stereocenters. The van der Waals surface area contributed by atoms with Gasteiger partial charge in [-0.05, 0) is 53.2 Å². The van der Waals surface area contributed by atoms with Gasteiger partial charge in [-0.2, -0.15) is 5.10 Å². The van der Waals surface area contributed by atoms with Gasteiger partial charge in [0.15, 0.2) is 17.1 Å². The molecule has 0 bridgehead atoms. The van der Waals surface area contributed by atoms with Gasteiger partial charge in [0.05, 0.1) is 23.4 Å². The molecule has 2 heterocycles. The van der Waals surface area contributed by atoms with Crippen LogP contribution < -0.4 is 9.47 Å². The molecule has 0 saturated heterocycles. The molecule has 0 fully saturated rings. The molecular weight excluding hydrogens is 514 g/mol. The molecule has 8 nitrogen and oxygen atoms in total. The molecule has 0 aliphatic carbocycles. The largest absolute Gasteiger partial charge is 0.507 e. The van der Waals surface area contributed by atoms with Crippen molar-refractivity contribution in [2.45, 2.75) is 6.92 Å². The number of benzene rings is 2. The Kier molecular flexibility index (Phi) is 8.36. The van der Waals surface area contributed by atoms with Gasteiger partial charge in [0.2, 0.25) is 0 Å². The van der Waals surface area contributed by atoms with Crippen LogP contribution in [0, 0.1) is 6.92 Å². The number of hydrogen-bond acceptors (Lipinski definition) is 7. The highest BCUT2D eigenvalue weighted by Gasteiger charge is 2.19. The minimum atomic E-state index is 0. The highest BCUT2D eigenvalue weighted by molar-refractivity contribution is 9.10. The van der Waals surface area contributed by atoms with E-state index in [2.05, 4.69) is 26.1 Å². The third-order valence-corrected chi connectivity index (χ3v) is 5.70. The van der Waals surface area contributed by atoms with E-state index in [0.29, 0.717) is 48.0 Å². The highest BCUT2D eigenvalue weighted by atomic mass is 79.9. The number of rotatable bonds is 9. The van der Waals surface area contributed by atoms with E-state index in [-0.39, 0.29) is 18.2 Å². The van der Waals surface area contributed by atoms with E-state index >= 15 is 0 Å². The molecule has 0 aliphatic heterocycles. The second kappa shape index (κ2) is 11.0. The fourth-order valence-electron chi connectivity index (χ4n) is 3.52. The maximum atomic E-state index is 9.94. The van der Waals surface area contributed by atoms with Gasteiger partial charge in [0.25, 0.3) is 0 Å². The van der Waals surface area contributed by atoms with Crippen LogP contribution in [-0.2, 0) is 9.47 Å². The molecule has 0 saturated carbocycles. The number of halogens is 2. The summed E-state index contributed by atoms with van der Waals surface area (Å²) in [6, 6.07) is 9.17. The third-order valence-electron chi connectivity index (χ3n) is 5.07. The number of aromatic nitrogens is 3. The fourth-order valence-corrected chi connectivity index (χ4v) is 3.90. The first-order chi connectivity index (χ1) is 15.5. The minimum absolute atomic E-state index is 0. The molecule has 0 amide bonds. The van der Waals surface area contributed by atoms with Gasteiger partial charge in [-0.25, -0.2) is 4.98 Å². The summed E-state index contributed by atoms with van der Waals surface area (Å²) in [4.78, 5) is 4.82. The summed E-state index contributed by atoms with van der Waals surface area (Å²) in [6.45, 7) is 3.63. The van der Waals surface area contributed by atoms with Crippen LogP contribution in [0.15, 0.2) is 34.8 Å². The van der Waals surface area contributed by atoms with E-state index in [1.54, 1.807) is 20.3 Å². The average molecular weight is 539 g/mol. The summed E-state index contributed by atoms with van der Waals surface area (Å²) in [5.74, 6) is 1.36. The molecule has 2 N–H and O–H groups in total. The van der Waals surface area contributed by atoms with Crippen LogP contribution in [0.3, 0.4) is 0 Å². The molecule has 4 aromatic rings. The summed E-state index contributed by atoms with van der Waals surface area (Å²) >= 11 is 3.39. The Bertz CT molecular complexity index is 1260. The van der Waals surface area contributed by atoms with Crippen molar-refractivity contribution in [3.05, 3.63) is 40.5 Å². The second-order valence-electron chi connectivity index (χ2n) is 7.20. The maximum absolute atomic E-state index is 9.94. The zero-order valence-corrected chi connectivity index (χ0v) is 20.9. The van der Waals surface area contributed by atoms with Crippen LogP contribution in [-0.4, -0.2) is 60.9 Å². The molecule has 33 heavy (non-hydrogen) atoms. The van der Waals surface area contributed by atoms with E-state index in [1.807, 2.05) is 31.2 Å². The van der Waals surface area contributed by atoms with Crippen LogP contribution in [0.2, 0.25) is 0 Å². The van der Waals surface area contributed by atoms with Gasteiger partial charge in [-0.1, -0.05) is 0 Å². The molecule has 2 aromatic heterocycles. The van der Waals surface area contributed by atoms with Crippen LogP contribution in [0.4, 0.5) is 0 Å². The smallest absolute Gasteiger partial charge is 0.182 e. The van der Waals surface area contributed by atoms with Crippen molar-refractivity contribution in [1.29, 1.82) is 0 Å². The number of phenols is 1.